The molecule has 0 heterocycles. The smallest absolute Gasteiger partial charge is 0.0349 e. The first-order chi connectivity index (χ1) is 8.48. The van der Waals surface area contributed by atoms with Gasteiger partial charge in [-0.05, 0) is 48.3 Å². The molecule has 2 aliphatic carbocycles. The van der Waals surface area contributed by atoms with Gasteiger partial charge >= 0.3 is 0 Å². The highest BCUT2D eigenvalue weighted by Crippen LogP contribution is 2.48. The van der Waals surface area contributed by atoms with E-state index >= 15 is 0 Å². The van der Waals surface area contributed by atoms with Gasteiger partial charge in [0.1, 0.15) is 0 Å². The molecule has 0 aromatic carbocycles. The van der Waals surface area contributed by atoms with Crippen molar-refractivity contribution in [3.63, 3.8) is 0 Å². The summed E-state index contributed by atoms with van der Waals surface area (Å²) in [7, 11) is 0. The molecular weight excluding hydrogens is 216 g/mol. The van der Waals surface area contributed by atoms with Crippen LogP contribution in [-0.4, -0.2) is 0 Å². The summed E-state index contributed by atoms with van der Waals surface area (Å²) in [6, 6.07) is 0. The fourth-order valence-electron chi connectivity index (χ4n) is 5.22. The number of rotatable bonds is 4. The van der Waals surface area contributed by atoms with Crippen molar-refractivity contribution in [1.29, 1.82) is 0 Å². The molecular formula is C18H34. The molecule has 106 valence electrons. The van der Waals surface area contributed by atoms with Crippen molar-refractivity contribution in [1.82, 2.24) is 0 Å². The van der Waals surface area contributed by atoms with Gasteiger partial charge in [0, 0.05) is 0 Å². The zero-order valence-corrected chi connectivity index (χ0v) is 13.2. The van der Waals surface area contributed by atoms with Crippen molar-refractivity contribution in [2.24, 2.45) is 29.1 Å². The van der Waals surface area contributed by atoms with E-state index in [-0.39, 0.29) is 0 Å². The number of hydrogen-bond donors (Lipinski definition) is 0. The molecule has 18 heavy (non-hydrogen) atoms. The molecule has 2 saturated carbocycles. The molecule has 0 radical (unpaired) electrons. The van der Waals surface area contributed by atoms with Crippen LogP contribution in [0.4, 0.5) is 0 Å². The lowest BCUT2D eigenvalue weighted by Crippen LogP contribution is -2.34. The molecule has 0 aromatic heterocycles. The van der Waals surface area contributed by atoms with Gasteiger partial charge in [-0.2, -0.15) is 0 Å². The molecule has 0 saturated heterocycles. The van der Waals surface area contributed by atoms with Crippen molar-refractivity contribution in [3.05, 3.63) is 0 Å². The van der Waals surface area contributed by atoms with E-state index in [4.69, 9.17) is 0 Å². The summed E-state index contributed by atoms with van der Waals surface area (Å²) in [6.07, 6.45) is 13.6. The van der Waals surface area contributed by atoms with Gasteiger partial charge in [-0.25, -0.2) is 0 Å². The summed E-state index contributed by atoms with van der Waals surface area (Å²) in [5.74, 6) is 4.11. The summed E-state index contributed by atoms with van der Waals surface area (Å²) in [5.41, 5.74) is 0.568. The summed E-state index contributed by atoms with van der Waals surface area (Å²) >= 11 is 0. The molecule has 2 aliphatic rings. The van der Waals surface area contributed by atoms with Crippen LogP contribution in [0, 0.1) is 29.1 Å². The maximum atomic E-state index is 2.51. The van der Waals surface area contributed by atoms with E-state index in [2.05, 4.69) is 27.7 Å². The lowest BCUT2D eigenvalue weighted by Gasteiger charge is -2.44. The van der Waals surface area contributed by atoms with Gasteiger partial charge in [0.25, 0.3) is 0 Å². The standard InChI is InChI=1S/C18H34/c1-14(2)12-18(3,4)13-16-10-7-9-15-8-5-6-11-17(15)16/h14-17H,5-13H2,1-4H3. The highest BCUT2D eigenvalue weighted by atomic mass is 14.4. The summed E-state index contributed by atoms with van der Waals surface area (Å²) in [6.45, 7) is 9.79. The fraction of sp³-hybridized carbons (Fsp3) is 1.00. The summed E-state index contributed by atoms with van der Waals surface area (Å²) in [5, 5.41) is 0. The predicted molar refractivity (Wildman–Crippen MR) is 80.6 cm³/mol. The first-order valence-corrected chi connectivity index (χ1v) is 8.48. The third-order valence-electron chi connectivity index (χ3n) is 5.50. The van der Waals surface area contributed by atoms with Gasteiger partial charge in [0.05, 0.1) is 0 Å². The first kappa shape index (κ1) is 14.4. The van der Waals surface area contributed by atoms with Gasteiger partial charge < -0.3 is 0 Å². The Morgan fingerprint density at radius 1 is 0.944 bits per heavy atom. The summed E-state index contributed by atoms with van der Waals surface area (Å²) < 4.78 is 0. The van der Waals surface area contributed by atoms with Crippen LogP contribution < -0.4 is 0 Å². The Kier molecular flexibility index (Phi) is 4.78. The zero-order chi connectivity index (χ0) is 13.2. The van der Waals surface area contributed by atoms with Crippen LogP contribution in [0.3, 0.4) is 0 Å². The van der Waals surface area contributed by atoms with E-state index in [1.165, 1.54) is 38.5 Å². The Balaban J connectivity index is 1.94. The number of fused-ring (bicyclic) bond motifs is 1. The fourth-order valence-corrected chi connectivity index (χ4v) is 5.22. The van der Waals surface area contributed by atoms with E-state index in [9.17, 15) is 0 Å². The van der Waals surface area contributed by atoms with Crippen LogP contribution in [-0.2, 0) is 0 Å². The van der Waals surface area contributed by atoms with Gasteiger partial charge in [0.15, 0.2) is 0 Å². The summed E-state index contributed by atoms with van der Waals surface area (Å²) in [4.78, 5) is 0. The Hall–Kier alpha value is 0. The monoisotopic (exact) mass is 250 g/mol. The number of hydrogen-bond acceptors (Lipinski definition) is 0. The van der Waals surface area contributed by atoms with E-state index in [1.54, 1.807) is 19.3 Å². The molecule has 0 bridgehead atoms. The normalized spacial score (nSPS) is 33.5. The minimum atomic E-state index is 0.568. The highest BCUT2D eigenvalue weighted by molar-refractivity contribution is 4.88. The molecule has 0 N–H and O–H groups in total. The van der Waals surface area contributed by atoms with Crippen LogP contribution in [0.5, 0.6) is 0 Å². The van der Waals surface area contributed by atoms with E-state index in [0.717, 1.165) is 23.7 Å². The molecule has 3 unspecified atom stereocenters. The van der Waals surface area contributed by atoms with Crippen molar-refractivity contribution < 1.29 is 0 Å². The van der Waals surface area contributed by atoms with Crippen LogP contribution >= 0.6 is 0 Å². The second kappa shape index (κ2) is 5.97. The maximum absolute atomic E-state index is 2.51. The molecule has 2 fully saturated rings. The minimum Gasteiger partial charge on any atom is -0.0628 e. The molecule has 0 amide bonds. The third kappa shape index (κ3) is 3.75. The molecule has 2 rings (SSSR count). The van der Waals surface area contributed by atoms with E-state index in [0.29, 0.717) is 5.41 Å². The molecule has 0 aromatic rings. The third-order valence-corrected chi connectivity index (χ3v) is 5.50. The minimum absolute atomic E-state index is 0.568. The molecule has 0 nitrogen and oxygen atoms in total. The van der Waals surface area contributed by atoms with Gasteiger partial charge in [-0.1, -0.05) is 66.2 Å². The van der Waals surface area contributed by atoms with Gasteiger partial charge in [0.2, 0.25) is 0 Å². The first-order valence-electron chi connectivity index (χ1n) is 8.48. The predicted octanol–water partition coefficient (Wildman–Crippen LogP) is 6.06. The average molecular weight is 250 g/mol. The van der Waals surface area contributed by atoms with Crippen LogP contribution in [0.2, 0.25) is 0 Å². The highest BCUT2D eigenvalue weighted by Gasteiger charge is 2.37. The second-order valence-corrected chi connectivity index (χ2v) is 8.37. The quantitative estimate of drug-likeness (QED) is 0.569. The molecule has 0 spiro atoms. The Morgan fingerprint density at radius 2 is 1.61 bits per heavy atom. The maximum Gasteiger partial charge on any atom is -0.0349 e. The Bertz CT molecular complexity index is 249. The van der Waals surface area contributed by atoms with E-state index in [1.807, 2.05) is 0 Å². The topological polar surface area (TPSA) is 0 Å². The largest absolute Gasteiger partial charge is 0.0628 e. The van der Waals surface area contributed by atoms with Gasteiger partial charge in [-0.3, -0.25) is 0 Å². The second-order valence-electron chi connectivity index (χ2n) is 8.37. The Morgan fingerprint density at radius 3 is 2.33 bits per heavy atom. The molecule has 0 heteroatoms. The van der Waals surface area contributed by atoms with Crippen molar-refractivity contribution in [2.45, 2.75) is 85.5 Å². The van der Waals surface area contributed by atoms with Crippen LogP contribution in [0.1, 0.15) is 85.5 Å². The van der Waals surface area contributed by atoms with Crippen LogP contribution in [0.15, 0.2) is 0 Å². The van der Waals surface area contributed by atoms with Crippen molar-refractivity contribution in [3.8, 4) is 0 Å². The molecule has 3 atom stereocenters. The lowest BCUT2D eigenvalue weighted by atomic mass is 9.61. The van der Waals surface area contributed by atoms with Gasteiger partial charge in [-0.15, -0.1) is 0 Å². The van der Waals surface area contributed by atoms with Crippen LogP contribution in [0.25, 0.3) is 0 Å². The Labute approximate surface area is 115 Å². The lowest BCUT2D eigenvalue weighted by molar-refractivity contribution is 0.0652. The van der Waals surface area contributed by atoms with Crippen molar-refractivity contribution in [2.75, 3.05) is 0 Å². The SMILES string of the molecule is CC(C)CC(C)(C)CC1CCCC2CCCCC21. The average Bonchev–Trinajstić information content (AvgIpc) is 2.27. The zero-order valence-electron chi connectivity index (χ0n) is 13.2. The van der Waals surface area contributed by atoms with E-state index < -0.39 is 0 Å². The molecule has 0 aliphatic heterocycles. The van der Waals surface area contributed by atoms with Crippen molar-refractivity contribution >= 4 is 0 Å².